The fourth-order valence-electron chi connectivity index (χ4n) is 2.32. The molecule has 0 amide bonds. The predicted octanol–water partition coefficient (Wildman–Crippen LogP) is 2.31. The van der Waals surface area contributed by atoms with Crippen LogP contribution in [0.2, 0.25) is 0 Å². The third-order valence-corrected chi connectivity index (χ3v) is 3.38. The number of hydrogen-bond acceptors (Lipinski definition) is 4. The average molecular weight is 307 g/mol. The van der Waals surface area contributed by atoms with Crippen LogP contribution in [0.25, 0.3) is 28.2 Å². The molecule has 0 aliphatic heterocycles. The summed E-state index contributed by atoms with van der Waals surface area (Å²) in [6.45, 7) is 0. The van der Waals surface area contributed by atoms with Gasteiger partial charge in [0, 0.05) is 18.5 Å². The number of H-pyrrole nitrogens is 1. The van der Waals surface area contributed by atoms with Crippen LogP contribution in [0.3, 0.4) is 0 Å². The second-order valence-corrected chi connectivity index (χ2v) is 4.91. The molecule has 3 aromatic heterocycles. The second kappa shape index (κ2) is 5.13. The predicted molar refractivity (Wildman–Crippen MR) is 82.7 cm³/mol. The van der Waals surface area contributed by atoms with E-state index in [-0.39, 0.29) is 16.9 Å². The third kappa shape index (κ3) is 2.38. The van der Waals surface area contributed by atoms with Crippen molar-refractivity contribution in [2.75, 3.05) is 0 Å². The Morgan fingerprint density at radius 2 is 2.00 bits per heavy atom. The molecule has 0 aliphatic carbocycles. The molecule has 4 aromatic rings. The van der Waals surface area contributed by atoms with Gasteiger partial charge in [0.25, 0.3) is 5.56 Å². The lowest BCUT2D eigenvalue weighted by Crippen LogP contribution is -2.10. The Morgan fingerprint density at radius 3 is 2.83 bits per heavy atom. The lowest BCUT2D eigenvalue weighted by molar-refractivity contribution is 0.629. The molecule has 0 radical (unpaired) electrons. The van der Waals surface area contributed by atoms with Crippen molar-refractivity contribution >= 4 is 10.9 Å². The third-order valence-electron chi connectivity index (χ3n) is 3.38. The Labute approximate surface area is 129 Å². The molecule has 0 saturated carbocycles. The molecule has 23 heavy (non-hydrogen) atoms. The van der Waals surface area contributed by atoms with Crippen molar-refractivity contribution in [1.82, 2.24) is 24.7 Å². The summed E-state index contributed by atoms with van der Waals surface area (Å²) in [7, 11) is 0. The lowest BCUT2D eigenvalue weighted by Gasteiger charge is -2.05. The van der Waals surface area contributed by atoms with Crippen molar-refractivity contribution in [2.45, 2.75) is 0 Å². The van der Waals surface area contributed by atoms with Gasteiger partial charge in [-0.1, -0.05) is 6.07 Å². The van der Waals surface area contributed by atoms with Crippen molar-refractivity contribution in [1.29, 1.82) is 0 Å². The van der Waals surface area contributed by atoms with Gasteiger partial charge in [0.1, 0.15) is 11.5 Å². The summed E-state index contributed by atoms with van der Waals surface area (Å²) >= 11 is 0. The lowest BCUT2D eigenvalue weighted by atomic mass is 10.2. The van der Waals surface area contributed by atoms with Crippen molar-refractivity contribution in [3.63, 3.8) is 0 Å². The van der Waals surface area contributed by atoms with E-state index >= 15 is 0 Å². The van der Waals surface area contributed by atoms with E-state index in [0.29, 0.717) is 16.9 Å². The van der Waals surface area contributed by atoms with Crippen LogP contribution >= 0.6 is 0 Å². The van der Waals surface area contributed by atoms with E-state index in [9.17, 15) is 9.18 Å². The Morgan fingerprint density at radius 1 is 1.09 bits per heavy atom. The van der Waals surface area contributed by atoms with Crippen LogP contribution in [-0.2, 0) is 0 Å². The van der Waals surface area contributed by atoms with Crippen molar-refractivity contribution < 1.29 is 4.39 Å². The quantitative estimate of drug-likeness (QED) is 0.616. The summed E-state index contributed by atoms with van der Waals surface area (Å²) in [6, 6.07) is 10.9. The van der Waals surface area contributed by atoms with Gasteiger partial charge in [-0.05, 0) is 30.3 Å². The minimum Gasteiger partial charge on any atom is -0.305 e. The summed E-state index contributed by atoms with van der Waals surface area (Å²) in [6.07, 6.45) is 3.41. The van der Waals surface area contributed by atoms with E-state index in [2.05, 4.69) is 20.1 Å². The normalized spacial score (nSPS) is 11.0. The van der Waals surface area contributed by atoms with Gasteiger partial charge in [-0.15, -0.1) is 0 Å². The molecule has 0 atom stereocenters. The number of aromatic amines is 1. The van der Waals surface area contributed by atoms with Crippen LogP contribution in [0.5, 0.6) is 0 Å². The first kappa shape index (κ1) is 13.3. The molecule has 1 aromatic carbocycles. The summed E-state index contributed by atoms with van der Waals surface area (Å²) in [4.78, 5) is 23.5. The smallest absolute Gasteiger partial charge is 0.259 e. The SMILES string of the molecule is O=c1[nH]c(-c2cccc(-n3cccn3)n2)nc2cc(F)ccc12. The summed E-state index contributed by atoms with van der Waals surface area (Å²) < 4.78 is 15.0. The van der Waals surface area contributed by atoms with E-state index < -0.39 is 5.82 Å². The fraction of sp³-hybridized carbons (Fsp3) is 0. The Balaban J connectivity index is 1.89. The number of fused-ring (bicyclic) bond motifs is 1. The molecule has 0 aliphatic rings. The number of halogens is 1. The molecule has 3 heterocycles. The number of aromatic nitrogens is 5. The molecule has 4 rings (SSSR count). The minimum atomic E-state index is -0.445. The topological polar surface area (TPSA) is 76.5 Å². The molecule has 0 bridgehead atoms. The van der Waals surface area contributed by atoms with Gasteiger partial charge in [-0.25, -0.2) is 19.0 Å². The number of hydrogen-bond donors (Lipinski definition) is 1. The minimum absolute atomic E-state index is 0.280. The highest BCUT2D eigenvalue weighted by Gasteiger charge is 2.09. The molecule has 1 N–H and O–H groups in total. The monoisotopic (exact) mass is 307 g/mol. The van der Waals surface area contributed by atoms with Crippen molar-refractivity contribution in [2.24, 2.45) is 0 Å². The first-order valence-electron chi connectivity index (χ1n) is 6.88. The van der Waals surface area contributed by atoms with Gasteiger partial charge in [-0.2, -0.15) is 5.10 Å². The Bertz CT molecular complexity index is 1060. The highest BCUT2D eigenvalue weighted by atomic mass is 19.1. The second-order valence-electron chi connectivity index (χ2n) is 4.91. The molecule has 0 unspecified atom stereocenters. The van der Waals surface area contributed by atoms with Gasteiger partial charge < -0.3 is 4.98 Å². The number of nitrogens with one attached hydrogen (secondary N) is 1. The van der Waals surface area contributed by atoms with Crippen molar-refractivity contribution in [3.05, 3.63) is 71.0 Å². The standard InChI is InChI=1S/C16H10FN5O/c17-10-5-6-11-13(9-10)20-15(21-16(11)23)12-3-1-4-14(19-12)22-8-2-7-18-22/h1-9H,(H,20,21,23). The fourth-order valence-corrected chi connectivity index (χ4v) is 2.32. The molecule has 112 valence electrons. The van der Waals surface area contributed by atoms with E-state index in [1.807, 2.05) is 0 Å². The molecule has 0 fully saturated rings. The van der Waals surface area contributed by atoms with Crippen LogP contribution in [0.1, 0.15) is 0 Å². The van der Waals surface area contributed by atoms with Gasteiger partial charge in [0.05, 0.1) is 10.9 Å². The Kier molecular flexibility index (Phi) is 2.97. The van der Waals surface area contributed by atoms with Crippen LogP contribution in [0.4, 0.5) is 4.39 Å². The van der Waals surface area contributed by atoms with E-state index in [1.165, 1.54) is 18.2 Å². The van der Waals surface area contributed by atoms with E-state index in [4.69, 9.17) is 0 Å². The van der Waals surface area contributed by atoms with Crippen molar-refractivity contribution in [3.8, 4) is 17.3 Å². The molecular weight excluding hydrogens is 297 g/mol. The zero-order valence-electron chi connectivity index (χ0n) is 11.8. The maximum absolute atomic E-state index is 13.4. The number of benzene rings is 1. The first-order valence-corrected chi connectivity index (χ1v) is 6.88. The van der Waals surface area contributed by atoms with Crippen LogP contribution in [0.15, 0.2) is 59.7 Å². The van der Waals surface area contributed by atoms with Gasteiger partial charge in [0.2, 0.25) is 0 Å². The van der Waals surface area contributed by atoms with Gasteiger partial charge >= 0.3 is 0 Å². The van der Waals surface area contributed by atoms with Crippen LogP contribution in [-0.4, -0.2) is 24.7 Å². The zero-order chi connectivity index (χ0) is 15.8. The van der Waals surface area contributed by atoms with Gasteiger partial charge in [-0.3, -0.25) is 4.79 Å². The highest BCUT2D eigenvalue weighted by molar-refractivity contribution is 5.79. The number of pyridine rings is 1. The molecule has 0 saturated heterocycles. The van der Waals surface area contributed by atoms with Gasteiger partial charge in [0.15, 0.2) is 11.6 Å². The van der Waals surface area contributed by atoms with Crippen LogP contribution < -0.4 is 5.56 Å². The summed E-state index contributed by atoms with van der Waals surface area (Å²) in [5.74, 6) is 0.427. The highest BCUT2D eigenvalue weighted by Crippen LogP contribution is 2.16. The molecule has 7 heteroatoms. The first-order chi connectivity index (χ1) is 11.2. The Hall–Kier alpha value is -3.35. The number of nitrogens with zero attached hydrogens (tertiary/aromatic N) is 4. The largest absolute Gasteiger partial charge is 0.305 e. The molecular formula is C16H10FN5O. The average Bonchev–Trinajstić information content (AvgIpc) is 3.09. The summed E-state index contributed by atoms with van der Waals surface area (Å²) in [5, 5.41) is 4.44. The van der Waals surface area contributed by atoms with E-state index in [0.717, 1.165) is 0 Å². The number of rotatable bonds is 2. The molecule has 6 nitrogen and oxygen atoms in total. The maximum Gasteiger partial charge on any atom is 0.259 e. The van der Waals surface area contributed by atoms with E-state index in [1.54, 1.807) is 41.3 Å². The van der Waals surface area contributed by atoms with Crippen LogP contribution in [0, 0.1) is 5.82 Å². The summed E-state index contributed by atoms with van der Waals surface area (Å²) in [5.41, 5.74) is 0.424. The molecule has 0 spiro atoms. The zero-order valence-corrected chi connectivity index (χ0v) is 11.8. The maximum atomic E-state index is 13.4.